The number of allylic oxidation sites excluding steroid dienone is 1. The Morgan fingerprint density at radius 1 is 1.28 bits per heavy atom. The minimum absolute atomic E-state index is 0.116. The molecule has 3 rings (SSSR count). The van der Waals surface area contributed by atoms with E-state index in [1.165, 1.54) is 24.3 Å². The van der Waals surface area contributed by atoms with Crippen LogP contribution in [0.3, 0.4) is 0 Å². The summed E-state index contributed by atoms with van der Waals surface area (Å²) in [5.74, 6) is 0.136. The first-order valence-electron chi connectivity index (χ1n) is 8.15. The van der Waals surface area contributed by atoms with Crippen molar-refractivity contribution in [2.45, 2.75) is 0 Å². The monoisotopic (exact) mass is 407 g/mol. The number of nitriles is 1. The molecular formula is C19H13N5O4S. The van der Waals surface area contributed by atoms with Crippen LogP contribution in [0.25, 0.3) is 11.6 Å². The van der Waals surface area contributed by atoms with E-state index in [1.807, 2.05) is 0 Å². The Labute approximate surface area is 169 Å². The van der Waals surface area contributed by atoms with Crippen LogP contribution in [0.4, 0.5) is 10.8 Å². The van der Waals surface area contributed by atoms with Crippen molar-refractivity contribution in [3.8, 4) is 11.8 Å². The summed E-state index contributed by atoms with van der Waals surface area (Å²) >= 11 is 1.02. The smallest absolute Gasteiger partial charge is 0.270 e. The zero-order valence-electron chi connectivity index (χ0n) is 15.0. The van der Waals surface area contributed by atoms with Crippen molar-refractivity contribution in [3.05, 3.63) is 74.8 Å². The fourth-order valence-electron chi connectivity index (χ4n) is 2.32. The Balaban J connectivity index is 1.77. The number of hydrogen-bond acceptors (Lipinski definition) is 8. The molecule has 1 N–H and O–H groups in total. The first-order valence-corrected chi connectivity index (χ1v) is 8.97. The third-order valence-corrected chi connectivity index (χ3v) is 4.61. The van der Waals surface area contributed by atoms with Gasteiger partial charge in [0.25, 0.3) is 11.6 Å². The van der Waals surface area contributed by atoms with Crippen molar-refractivity contribution in [1.29, 1.82) is 5.26 Å². The molecule has 144 valence electrons. The van der Waals surface area contributed by atoms with Gasteiger partial charge in [0.2, 0.25) is 5.13 Å². The molecule has 0 radical (unpaired) electrons. The number of ether oxygens (including phenoxy) is 1. The van der Waals surface area contributed by atoms with Gasteiger partial charge in [-0.1, -0.05) is 29.5 Å². The molecule has 0 saturated carbocycles. The molecule has 0 bridgehead atoms. The zero-order chi connectivity index (χ0) is 20.8. The van der Waals surface area contributed by atoms with Crippen molar-refractivity contribution in [2.75, 3.05) is 12.4 Å². The van der Waals surface area contributed by atoms with Gasteiger partial charge in [0.05, 0.1) is 17.6 Å². The number of benzene rings is 2. The van der Waals surface area contributed by atoms with Gasteiger partial charge in [0.15, 0.2) is 5.01 Å². The molecule has 29 heavy (non-hydrogen) atoms. The number of carbonyl (C=O) groups is 1. The number of amides is 1. The quantitative estimate of drug-likeness (QED) is 0.374. The number of nitrogens with one attached hydrogen (secondary N) is 1. The molecule has 0 aliphatic carbocycles. The number of hydrogen-bond donors (Lipinski definition) is 1. The number of aromatic nitrogens is 2. The van der Waals surface area contributed by atoms with Gasteiger partial charge in [-0.25, -0.2) is 0 Å². The van der Waals surface area contributed by atoms with E-state index >= 15 is 0 Å². The first kappa shape index (κ1) is 19.7. The van der Waals surface area contributed by atoms with Crippen LogP contribution in [0, 0.1) is 21.4 Å². The van der Waals surface area contributed by atoms with E-state index < -0.39 is 10.8 Å². The highest BCUT2D eigenvalue weighted by atomic mass is 32.1. The Morgan fingerprint density at radius 2 is 2.03 bits per heavy atom. The lowest BCUT2D eigenvalue weighted by atomic mass is 10.1. The largest absolute Gasteiger partial charge is 0.497 e. The number of anilines is 1. The Morgan fingerprint density at radius 3 is 2.69 bits per heavy atom. The molecular weight excluding hydrogens is 394 g/mol. The number of rotatable bonds is 6. The van der Waals surface area contributed by atoms with E-state index in [4.69, 9.17) is 4.74 Å². The standard InChI is InChI=1S/C19H13N5O4S/c1-28-16-7-5-12(6-8-16)9-14(11-20)18-22-23-19(29-18)21-17(25)13-3-2-4-15(10-13)24(26)27/h2-10H,1H3,(H,21,23,25)/b14-9+. The molecule has 0 unspecified atom stereocenters. The molecule has 2 aromatic carbocycles. The fourth-order valence-corrected chi connectivity index (χ4v) is 3.03. The minimum atomic E-state index is -0.580. The summed E-state index contributed by atoms with van der Waals surface area (Å²) in [6, 6.07) is 14.5. The summed E-state index contributed by atoms with van der Waals surface area (Å²) in [4.78, 5) is 22.6. The molecule has 0 spiro atoms. The van der Waals surface area contributed by atoms with E-state index in [1.54, 1.807) is 37.5 Å². The van der Waals surface area contributed by atoms with Crippen molar-refractivity contribution in [2.24, 2.45) is 0 Å². The molecule has 1 heterocycles. The lowest BCUT2D eigenvalue weighted by Crippen LogP contribution is -2.11. The average Bonchev–Trinajstić information content (AvgIpc) is 3.20. The van der Waals surface area contributed by atoms with E-state index in [9.17, 15) is 20.2 Å². The summed E-state index contributed by atoms with van der Waals surface area (Å²) in [6.45, 7) is 0. The van der Waals surface area contributed by atoms with Crippen molar-refractivity contribution in [1.82, 2.24) is 10.2 Å². The number of methoxy groups -OCH3 is 1. The van der Waals surface area contributed by atoms with Crippen molar-refractivity contribution in [3.63, 3.8) is 0 Å². The number of nitrogens with zero attached hydrogens (tertiary/aromatic N) is 4. The maximum Gasteiger partial charge on any atom is 0.270 e. The van der Waals surface area contributed by atoms with Gasteiger partial charge in [-0.15, -0.1) is 10.2 Å². The van der Waals surface area contributed by atoms with Gasteiger partial charge in [-0.2, -0.15) is 5.26 Å². The zero-order valence-corrected chi connectivity index (χ0v) is 15.8. The maximum absolute atomic E-state index is 12.3. The van der Waals surface area contributed by atoms with E-state index in [-0.39, 0.29) is 22.0 Å². The molecule has 10 heteroatoms. The third kappa shape index (κ3) is 4.79. The average molecular weight is 407 g/mol. The van der Waals surface area contributed by atoms with Crippen molar-refractivity contribution < 1.29 is 14.5 Å². The highest BCUT2D eigenvalue weighted by Crippen LogP contribution is 2.25. The van der Waals surface area contributed by atoms with Gasteiger partial charge in [0, 0.05) is 17.7 Å². The summed E-state index contributed by atoms with van der Waals surface area (Å²) in [5, 5.41) is 31.1. The van der Waals surface area contributed by atoms with Gasteiger partial charge >= 0.3 is 0 Å². The number of nitro groups is 1. The number of nitro benzene ring substituents is 1. The molecule has 0 saturated heterocycles. The van der Waals surface area contributed by atoms with Gasteiger partial charge in [-0.05, 0) is 29.8 Å². The van der Waals surface area contributed by atoms with Crippen LogP contribution >= 0.6 is 11.3 Å². The molecule has 1 amide bonds. The van der Waals surface area contributed by atoms with Crippen LogP contribution < -0.4 is 10.1 Å². The van der Waals surface area contributed by atoms with Crippen LogP contribution in [0.1, 0.15) is 20.9 Å². The summed E-state index contributed by atoms with van der Waals surface area (Å²) < 4.78 is 5.10. The second-order valence-corrected chi connectivity index (χ2v) is 6.59. The normalized spacial score (nSPS) is 10.8. The van der Waals surface area contributed by atoms with Gasteiger partial charge < -0.3 is 4.74 Å². The second kappa shape index (κ2) is 8.73. The summed E-state index contributed by atoms with van der Waals surface area (Å²) in [6.07, 6.45) is 1.64. The summed E-state index contributed by atoms with van der Waals surface area (Å²) in [7, 11) is 1.57. The molecule has 0 fully saturated rings. The molecule has 0 aliphatic heterocycles. The Bertz CT molecular complexity index is 1130. The highest BCUT2D eigenvalue weighted by molar-refractivity contribution is 7.16. The number of carbonyl (C=O) groups excluding carboxylic acids is 1. The Hall–Kier alpha value is -4.10. The topological polar surface area (TPSA) is 131 Å². The van der Waals surface area contributed by atoms with Crippen LogP contribution in [0.15, 0.2) is 48.5 Å². The molecule has 0 atom stereocenters. The molecule has 3 aromatic rings. The van der Waals surface area contributed by atoms with Crippen LogP contribution in [0.5, 0.6) is 5.75 Å². The van der Waals surface area contributed by atoms with E-state index in [2.05, 4.69) is 21.6 Å². The van der Waals surface area contributed by atoms with Crippen LogP contribution in [0.2, 0.25) is 0 Å². The maximum atomic E-state index is 12.3. The van der Waals surface area contributed by atoms with Crippen LogP contribution in [-0.2, 0) is 0 Å². The third-order valence-electron chi connectivity index (χ3n) is 3.74. The van der Waals surface area contributed by atoms with Gasteiger partial charge in [0.1, 0.15) is 11.8 Å². The minimum Gasteiger partial charge on any atom is -0.497 e. The lowest BCUT2D eigenvalue weighted by molar-refractivity contribution is -0.384. The lowest BCUT2D eigenvalue weighted by Gasteiger charge is -2.01. The van der Waals surface area contributed by atoms with Gasteiger partial charge in [-0.3, -0.25) is 20.2 Å². The second-order valence-electron chi connectivity index (χ2n) is 5.62. The fraction of sp³-hybridized carbons (Fsp3) is 0.0526. The highest BCUT2D eigenvalue weighted by Gasteiger charge is 2.15. The SMILES string of the molecule is COc1ccc(/C=C(\C#N)c2nnc(NC(=O)c3cccc([N+](=O)[O-])c3)s2)cc1. The Kier molecular flexibility index (Phi) is 5.91. The molecule has 1 aromatic heterocycles. The predicted octanol–water partition coefficient (Wildman–Crippen LogP) is 3.77. The van der Waals surface area contributed by atoms with Crippen LogP contribution in [-0.4, -0.2) is 28.1 Å². The predicted molar refractivity (Wildman–Crippen MR) is 107 cm³/mol. The van der Waals surface area contributed by atoms with Crippen molar-refractivity contribution >= 4 is 39.7 Å². The molecule has 9 nitrogen and oxygen atoms in total. The summed E-state index contributed by atoms with van der Waals surface area (Å²) in [5.41, 5.74) is 0.985. The van der Waals surface area contributed by atoms with E-state index in [0.29, 0.717) is 10.8 Å². The van der Waals surface area contributed by atoms with E-state index in [0.717, 1.165) is 16.9 Å². The molecule has 0 aliphatic rings. The first-order chi connectivity index (χ1) is 14.0. The number of non-ortho nitro benzene ring substituents is 1.